The molecule has 7 nitrogen and oxygen atoms in total. The van der Waals surface area contributed by atoms with Crippen LogP contribution in [-0.4, -0.2) is 39.3 Å². The van der Waals surface area contributed by atoms with Gasteiger partial charge in [-0.3, -0.25) is 0 Å². The summed E-state index contributed by atoms with van der Waals surface area (Å²) in [5, 5.41) is 13.3. The molecule has 1 aromatic carbocycles. The maximum Gasteiger partial charge on any atom is 0.189 e. The van der Waals surface area contributed by atoms with Gasteiger partial charge in [0.15, 0.2) is 11.2 Å². The Morgan fingerprint density at radius 3 is 2.73 bits per heavy atom. The third-order valence-electron chi connectivity index (χ3n) is 4.89. The molecular formula is C19H19N5O2. The molecule has 26 heavy (non-hydrogen) atoms. The molecule has 132 valence electrons. The summed E-state index contributed by atoms with van der Waals surface area (Å²) < 4.78 is 7.21. The minimum absolute atomic E-state index is 0.290. The van der Waals surface area contributed by atoms with E-state index in [4.69, 9.17) is 9.57 Å². The van der Waals surface area contributed by atoms with E-state index in [1.165, 1.54) is 0 Å². The summed E-state index contributed by atoms with van der Waals surface area (Å²) in [7, 11) is 0. The Kier molecular flexibility index (Phi) is 3.43. The summed E-state index contributed by atoms with van der Waals surface area (Å²) in [5.41, 5.74) is 4.37. The largest absolute Gasteiger partial charge is 0.384 e. The number of benzene rings is 1. The van der Waals surface area contributed by atoms with Gasteiger partial charge in [-0.15, -0.1) is 0 Å². The van der Waals surface area contributed by atoms with Crippen molar-refractivity contribution in [2.24, 2.45) is 5.16 Å². The second kappa shape index (κ2) is 5.81. The number of nitrogens with one attached hydrogen (secondary N) is 1. The molecule has 1 saturated heterocycles. The number of nitrogens with zero attached hydrogens (tertiary/aromatic N) is 4. The van der Waals surface area contributed by atoms with Crippen LogP contribution in [0.1, 0.15) is 18.9 Å². The molecule has 1 fully saturated rings. The molecule has 1 N–H and O–H groups in total. The number of aromatic nitrogens is 3. The average molecular weight is 349 g/mol. The van der Waals surface area contributed by atoms with Crippen LogP contribution in [0.2, 0.25) is 0 Å². The zero-order valence-corrected chi connectivity index (χ0v) is 14.5. The lowest BCUT2D eigenvalue weighted by molar-refractivity contribution is -0.194. The van der Waals surface area contributed by atoms with Crippen molar-refractivity contribution in [3.8, 4) is 0 Å². The van der Waals surface area contributed by atoms with Crippen molar-refractivity contribution in [1.29, 1.82) is 0 Å². The molecule has 0 unspecified atom stereocenters. The molecule has 2 aliphatic rings. The minimum Gasteiger partial charge on any atom is -0.384 e. The number of para-hydroxylation sites is 1. The summed E-state index contributed by atoms with van der Waals surface area (Å²) >= 11 is 0. The van der Waals surface area contributed by atoms with Gasteiger partial charge in [-0.05, 0) is 19.1 Å². The Morgan fingerprint density at radius 2 is 2.04 bits per heavy atom. The molecule has 0 bridgehead atoms. The first-order chi connectivity index (χ1) is 12.8. The fourth-order valence-corrected chi connectivity index (χ4v) is 3.43. The number of pyridine rings is 1. The smallest absolute Gasteiger partial charge is 0.189 e. The molecule has 0 radical (unpaired) electrons. The molecule has 1 spiro atoms. The van der Waals surface area contributed by atoms with Crippen LogP contribution in [-0.2, 0) is 16.1 Å². The first kappa shape index (κ1) is 15.3. The van der Waals surface area contributed by atoms with E-state index in [1.807, 2.05) is 47.4 Å². The number of fused-ring (bicyclic) bond motifs is 1. The first-order valence-corrected chi connectivity index (χ1v) is 8.78. The third kappa shape index (κ3) is 2.35. The highest BCUT2D eigenvalue weighted by atomic mass is 16.7. The maximum absolute atomic E-state index is 5.67. The number of hydrogen-bond donors (Lipinski definition) is 1. The first-order valence-electron chi connectivity index (χ1n) is 8.78. The lowest BCUT2D eigenvalue weighted by Gasteiger charge is -2.34. The van der Waals surface area contributed by atoms with E-state index in [-0.39, 0.29) is 5.60 Å². The molecule has 0 aliphatic carbocycles. The topological polar surface area (TPSA) is 73.6 Å². The van der Waals surface area contributed by atoms with E-state index in [1.54, 1.807) is 0 Å². The van der Waals surface area contributed by atoms with Gasteiger partial charge in [0.25, 0.3) is 0 Å². The van der Waals surface area contributed by atoms with Gasteiger partial charge in [-0.2, -0.15) is 5.10 Å². The maximum atomic E-state index is 5.67. The van der Waals surface area contributed by atoms with Crippen LogP contribution >= 0.6 is 0 Å². The fourth-order valence-electron chi connectivity index (χ4n) is 3.43. The zero-order chi connectivity index (χ0) is 17.6. The number of anilines is 2. The predicted molar refractivity (Wildman–Crippen MR) is 98.7 cm³/mol. The zero-order valence-electron chi connectivity index (χ0n) is 14.5. The summed E-state index contributed by atoms with van der Waals surface area (Å²) in [6, 6.07) is 10.1. The summed E-state index contributed by atoms with van der Waals surface area (Å²) in [5.74, 6) is 0. The predicted octanol–water partition coefficient (Wildman–Crippen LogP) is 3.09. The van der Waals surface area contributed by atoms with Gasteiger partial charge in [0.05, 0.1) is 36.2 Å². The molecule has 0 amide bonds. The lowest BCUT2D eigenvalue weighted by atomic mass is 9.92. The second-order valence-electron chi connectivity index (χ2n) is 6.72. The molecule has 0 saturated carbocycles. The Morgan fingerprint density at radius 1 is 1.19 bits per heavy atom. The van der Waals surface area contributed by atoms with E-state index in [0.29, 0.717) is 13.2 Å². The highest BCUT2D eigenvalue weighted by Crippen LogP contribution is 2.37. The summed E-state index contributed by atoms with van der Waals surface area (Å²) in [6.45, 7) is 4.00. The van der Waals surface area contributed by atoms with Gasteiger partial charge in [0.1, 0.15) is 0 Å². The molecular weight excluding hydrogens is 330 g/mol. The Bertz CT molecular complexity index is 992. The lowest BCUT2D eigenvalue weighted by Crippen LogP contribution is -2.49. The number of hydrogen-bond acceptors (Lipinski definition) is 6. The number of rotatable bonds is 4. The van der Waals surface area contributed by atoms with Crippen LogP contribution in [0.5, 0.6) is 0 Å². The van der Waals surface area contributed by atoms with Crippen LogP contribution in [0.3, 0.4) is 0 Å². The van der Waals surface area contributed by atoms with E-state index in [0.717, 1.165) is 46.6 Å². The van der Waals surface area contributed by atoms with Crippen LogP contribution in [0.25, 0.3) is 11.0 Å². The SMILES string of the molecule is CCn1ncc2c(Nc3ccccc3)c(C3=NOC4(COC4)C3)cnc21. The second-order valence-corrected chi connectivity index (χ2v) is 6.72. The number of ether oxygens (including phenoxy) is 1. The number of oxime groups is 1. The van der Waals surface area contributed by atoms with Crippen molar-refractivity contribution in [3.05, 3.63) is 48.3 Å². The van der Waals surface area contributed by atoms with E-state index in [9.17, 15) is 0 Å². The minimum atomic E-state index is -0.290. The summed E-state index contributed by atoms with van der Waals surface area (Å²) in [4.78, 5) is 10.3. The van der Waals surface area contributed by atoms with Gasteiger partial charge in [0, 0.05) is 30.4 Å². The molecule has 5 rings (SSSR count). The van der Waals surface area contributed by atoms with Crippen LogP contribution in [0, 0.1) is 0 Å². The Labute approximate surface area is 150 Å². The molecule has 3 aromatic rings. The van der Waals surface area contributed by atoms with Gasteiger partial charge >= 0.3 is 0 Å². The van der Waals surface area contributed by atoms with Crippen LogP contribution < -0.4 is 5.32 Å². The Balaban J connectivity index is 1.61. The van der Waals surface area contributed by atoms with Gasteiger partial charge in [-0.25, -0.2) is 9.67 Å². The van der Waals surface area contributed by atoms with Crippen molar-refractivity contribution in [3.63, 3.8) is 0 Å². The number of aryl methyl sites for hydroxylation is 1. The molecule has 2 aliphatic heterocycles. The van der Waals surface area contributed by atoms with Gasteiger partial charge in [-0.1, -0.05) is 23.4 Å². The van der Waals surface area contributed by atoms with Crippen molar-refractivity contribution < 1.29 is 9.57 Å². The van der Waals surface area contributed by atoms with E-state index in [2.05, 4.69) is 27.5 Å². The van der Waals surface area contributed by atoms with Gasteiger partial charge in [0.2, 0.25) is 0 Å². The quantitative estimate of drug-likeness (QED) is 0.783. The molecule has 2 aromatic heterocycles. The molecule has 0 atom stereocenters. The molecule has 7 heteroatoms. The van der Waals surface area contributed by atoms with E-state index < -0.39 is 0 Å². The molecule has 4 heterocycles. The Hall–Kier alpha value is -2.93. The van der Waals surface area contributed by atoms with Crippen molar-refractivity contribution >= 4 is 28.1 Å². The summed E-state index contributed by atoms with van der Waals surface area (Å²) in [6.07, 6.45) is 4.45. The van der Waals surface area contributed by atoms with Crippen molar-refractivity contribution in [2.45, 2.75) is 25.5 Å². The van der Waals surface area contributed by atoms with E-state index >= 15 is 0 Å². The normalized spacial score (nSPS) is 17.8. The van der Waals surface area contributed by atoms with Gasteiger partial charge < -0.3 is 14.9 Å². The highest BCUT2D eigenvalue weighted by molar-refractivity contribution is 6.11. The van der Waals surface area contributed by atoms with Crippen molar-refractivity contribution in [2.75, 3.05) is 18.5 Å². The standard InChI is InChI=1S/C19H19N5O2/c1-2-24-18-15(10-21-24)17(22-13-6-4-3-5-7-13)14(9-20-18)16-8-19(26-23-16)11-25-12-19/h3-7,9-10H,2,8,11-12H2,1H3,(H,20,22). The van der Waals surface area contributed by atoms with Crippen molar-refractivity contribution in [1.82, 2.24) is 14.8 Å². The third-order valence-corrected chi connectivity index (χ3v) is 4.89. The average Bonchev–Trinajstić information content (AvgIpc) is 3.27. The monoisotopic (exact) mass is 349 g/mol. The van der Waals surface area contributed by atoms with Crippen LogP contribution in [0.4, 0.5) is 11.4 Å². The fraction of sp³-hybridized carbons (Fsp3) is 0.316. The van der Waals surface area contributed by atoms with Crippen LogP contribution in [0.15, 0.2) is 47.9 Å². The highest BCUT2D eigenvalue weighted by Gasteiger charge is 2.47.